The second kappa shape index (κ2) is 10.4. The molecule has 216 valence electrons. The number of benzene rings is 3. The van der Waals surface area contributed by atoms with Gasteiger partial charge >= 0.3 is 0 Å². The van der Waals surface area contributed by atoms with Crippen LogP contribution in [0.5, 0.6) is 0 Å². The van der Waals surface area contributed by atoms with Crippen molar-refractivity contribution in [1.82, 2.24) is 0 Å². The molecule has 0 spiro atoms. The zero-order chi connectivity index (χ0) is 28.8. The highest BCUT2D eigenvalue weighted by atomic mass is 16.5. The van der Waals surface area contributed by atoms with E-state index in [1.165, 1.54) is 16.7 Å². The summed E-state index contributed by atoms with van der Waals surface area (Å²) >= 11 is 0. The minimum atomic E-state index is -0.349. The van der Waals surface area contributed by atoms with Crippen LogP contribution in [0.4, 0.5) is 0 Å². The summed E-state index contributed by atoms with van der Waals surface area (Å²) in [6.07, 6.45) is 2.48. The first kappa shape index (κ1) is 26.9. The first-order valence-corrected chi connectivity index (χ1v) is 15.1. The fraction of sp³-hybridized carbons (Fsp3) is 0.417. The fourth-order valence-corrected chi connectivity index (χ4v) is 7.87. The van der Waals surface area contributed by atoms with E-state index in [0.717, 1.165) is 37.0 Å². The van der Waals surface area contributed by atoms with Crippen LogP contribution in [0.1, 0.15) is 74.8 Å². The molecule has 0 N–H and O–H groups in total. The van der Waals surface area contributed by atoms with Crippen molar-refractivity contribution in [2.75, 3.05) is 19.8 Å². The van der Waals surface area contributed by atoms with Crippen molar-refractivity contribution in [1.29, 1.82) is 0 Å². The van der Waals surface area contributed by atoms with Crippen LogP contribution in [0.25, 0.3) is 0 Å². The summed E-state index contributed by atoms with van der Waals surface area (Å²) in [5.74, 6) is 2.47. The molecule has 3 aromatic rings. The highest BCUT2D eigenvalue weighted by Crippen LogP contribution is 2.58. The van der Waals surface area contributed by atoms with Crippen LogP contribution in [0.15, 0.2) is 106 Å². The Morgan fingerprint density at radius 1 is 0.452 bits per heavy atom. The zero-order valence-corrected chi connectivity index (χ0v) is 24.7. The topological polar surface area (TPSA) is 64.8 Å². The molecule has 0 unspecified atom stereocenters. The van der Waals surface area contributed by atoms with Gasteiger partial charge in [0.05, 0.1) is 0 Å². The molecule has 3 aliphatic heterocycles. The van der Waals surface area contributed by atoms with Crippen molar-refractivity contribution >= 4 is 17.7 Å². The third-order valence-electron chi connectivity index (χ3n) is 9.40. The highest BCUT2D eigenvalue weighted by molar-refractivity contribution is 5.92. The lowest BCUT2D eigenvalue weighted by Gasteiger charge is -2.51. The summed E-state index contributed by atoms with van der Waals surface area (Å²) in [5, 5.41) is 0. The van der Waals surface area contributed by atoms with Gasteiger partial charge in [0.2, 0.25) is 0 Å². The maximum absolute atomic E-state index is 6.44. The van der Waals surface area contributed by atoms with Crippen molar-refractivity contribution in [3.05, 3.63) is 108 Å². The standard InChI is InChI=1S/C36H39N3O3/c1-34(31-37-28(19-40-31)25-13-7-4-8-14-25)22-35(2,32-38-29(20-41-32)26-15-9-5-10-16-26)24-36(3,23-34)33-39-30(21-42-33)27-17-11-6-12-18-27/h4-18,28-30H,19-24H2,1-3H3/t28-,29-,30-,34?,35?,36?/m0/s1. The third-order valence-corrected chi connectivity index (χ3v) is 9.40. The van der Waals surface area contributed by atoms with E-state index in [1.54, 1.807) is 0 Å². The molecule has 7 rings (SSSR count). The van der Waals surface area contributed by atoms with E-state index in [0.29, 0.717) is 19.8 Å². The van der Waals surface area contributed by atoms with Gasteiger partial charge in [-0.1, -0.05) is 112 Å². The Morgan fingerprint density at radius 2 is 0.714 bits per heavy atom. The molecule has 0 saturated heterocycles. The Balaban J connectivity index is 1.25. The molecule has 3 aromatic carbocycles. The molecule has 1 aliphatic carbocycles. The van der Waals surface area contributed by atoms with E-state index in [-0.39, 0.29) is 34.4 Å². The average Bonchev–Trinajstić information content (AvgIpc) is 3.80. The molecule has 0 amide bonds. The van der Waals surface area contributed by atoms with Gasteiger partial charge in [0.1, 0.15) is 37.9 Å². The quantitative estimate of drug-likeness (QED) is 0.310. The van der Waals surface area contributed by atoms with E-state index < -0.39 is 0 Å². The minimum absolute atomic E-state index is 0.00234. The molecular formula is C36H39N3O3. The Kier molecular flexibility index (Phi) is 6.68. The van der Waals surface area contributed by atoms with Crippen molar-refractivity contribution in [2.24, 2.45) is 31.2 Å². The van der Waals surface area contributed by atoms with Crippen molar-refractivity contribution < 1.29 is 14.2 Å². The number of rotatable bonds is 6. The zero-order valence-electron chi connectivity index (χ0n) is 24.7. The Morgan fingerprint density at radius 3 is 0.976 bits per heavy atom. The van der Waals surface area contributed by atoms with E-state index in [9.17, 15) is 0 Å². The summed E-state index contributed by atoms with van der Waals surface area (Å²) < 4.78 is 19.3. The number of nitrogens with zero attached hydrogens (tertiary/aromatic N) is 3. The lowest BCUT2D eigenvalue weighted by Crippen LogP contribution is -2.52. The van der Waals surface area contributed by atoms with Crippen LogP contribution < -0.4 is 0 Å². The molecule has 1 saturated carbocycles. The predicted octanol–water partition coefficient (Wildman–Crippen LogP) is 7.70. The average molecular weight is 562 g/mol. The molecule has 6 heteroatoms. The van der Waals surface area contributed by atoms with Gasteiger partial charge in [0, 0.05) is 16.2 Å². The summed E-state index contributed by atoms with van der Waals surface area (Å²) in [4.78, 5) is 15.6. The molecule has 1 fully saturated rings. The lowest BCUT2D eigenvalue weighted by atomic mass is 9.54. The van der Waals surface area contributed by atoms with Gasteiger partial charge in [-0.15, -0.1) is 0 Å². The van der Waals surface area contributed by atoms with Gasteiger partial charge in [-0.25, -0.2) is 15.0 Å². The number of ether oxygens (including phenoxy) is 3. The summed E-state index contributed by atoms with van der Waals surface area (Å²) in [6, 6.07) is 31.3. The van der Waals surface area contributed by atoms with Gasteiger partial charge in [0.15, 0.2) is 17.7 Å². The summed E-state index contributed by atoms with van der Waals surface area (Å²) in [5.41, 5.74) is 2.50. The van der Waals surface area contributed by atoms with Crippen LogP contribution in [0.2, 0.25) is 0 Å². The molecule has 0 bridgehead atoms. The summed E-state index contributed by atoms with van der Waals surface area (Å²) in [7, 11) is 0. The van der Waals surface area contributed by atoms with E-state index >= 15 is 0 Å². The fourth-order valence-electron chi connectivity index (χ4n) is 7.87. The maximum atomic E-state index is 6.44. The largest absolute Gasteiger partial charge is 0.478 e. The lowest BCUT2D eigenvalue weighted by molar-refractivity contribution is 0.0650. The minimum Gasteiger partial charge on any atom is -0.478 e. The van der Waals surface area contributed by atoms with Crippen LogP contribution in [-0.4, -0.2) is 37.5 Å². The molecular weight excluding hydrogens is 522 g/mol. The van der Waals surface area contributed by atoms with E-state index in [1.807, 2.05) is 18.2 Å². The van der Waals surface area contributed by atoms with Crippen molar-refractivity contribution in [3.8, 4) is 0 Å². The number of aliphatic imine (C=N–C) groups is 3. The van der Waals surface area contributed by atoms with Crippen molar-refractivity contribution in [2.45, 2.75) is 58.2 Å². The molecule has 0 radical (unpaired) electrons. The molecule has 42 heavy (non-hydrogen) atoms. The molecule has 3 atom stereocenters. The SMILES string of the molecule is CC1(C2=N[C@H](c3ccccc3)CO2)CC(C)(C2=N[C@H](c3ccccc3)CO2)CC(C)(C2=N[C@H](c3ccccc3)CO2)C1. The normalized spacial score (nSPS) is 34.1. The van der Waals surface area contributed by atoms with Gasteiger partial charge in [0.25, 0.3) is 0 Å². The monoisotopic (exact) mass is 561 g/mol. The van der Waals surface area contributed by atoms with E-state index in [4.69, 9.17) is 29.2 Å². The number of hydrogen-bond acceptors (Lipinski definition) is 6. The van der Waals surface area contributed by atoms with Crippen LogP contribution >= 0.6 is 0 Å². The molecule has 0 aromatic heterocycles. The van der Waals surface area contributed by atoms with E-state index in [2.05, 4.69) is 93.6 Å². The van der Waals surface area contributed by atoms with Crippen LogP contribution in [0.3, 0.4) is 0 Å². The van der Waals surface area contributed by atoms with Crippen LogP contribution in [0, 0.1) is 16.2 Å². The van der Waals surface area contributed by atoms with Gasteiger partial charge < -0.3 is 14.2 Å². The predicted molar refractivity (Wildman–Crippen MR) is 166 cm³/mol. The van der Waals surface area contributed by atoms with Gasteiger partial charge in [-0.3, -0.25) is 0 Å². The van der Waals surface area contributed by atoms with Gasteiger partial charge in [-0.2, -0.15) is 0 Å². The second-order valence-electron chi connectivity index (χ2n) is 13.2. The Bertz CT molecular complexity index is 1330. The first-order chi connectivity index (χ1) is 20.3. The molecule has 3 heterocycles. The smallest absolute Gasteiger partial charge is 0.190 e. The maximum Gasteiger partial charge on any atom is 0.190 e. The van der Waals surface area contributed by atoms with Gasteiger partial charge in [-0.05, 0) is 36.0 Å². The molecule has 6 nitrogen and oxygen atoms in total. The van der Waals surface area contributed by atoms with Crippen LogP contribution in [-0.2, 0) is 14.2 Å². The Hall–Kier alpha value is -3.93. The van der Waals surface area contributed by atoms with Crippen molar-refractivity contribution in [3.63, 3.8) is 0 Å². The number of hydrogen-bond donors (Lipinski definition) is 0. The second-order valence-corrected chi connectivity index (χ2v) is 13.2. The summed E-state index contributed by atoms with van der Waals surface area (Å²) in [6.45, 7) is 8.56. The Labute approximate surface area is 248 Å². The third kappa shape index (κ3) is 4.91. The first-order valence-electron chi connectivity index (χ1n) is 15.1. The highest BCUT2D eigenvalue weighted by Gasteiger charge is 2.58. The molecule has 4 aliphatic rings.